The number of aliphatic hydroxyl groups is 1. The first-order valence-electron chi connectivity index (χ1n) is 12.6. The number of rotatable bonds is 12. The van der Waals surface area contributed by atoms with Crippen molar-refractivity contribution in [2.75, 3.05) is 0 Å². The summed E-state index contributed by atoms with van der Waals surface area (Å²) in [6.07, 6.45) is 6.26. The first-order valence-corrected chi connectivity index (χ1v) is 12.6. The van der Waals surface area contributed by atoms with Crippen LogP contribution in [-0.4, -0.2) is 19.2 Å². The lowest BCUT2D eigenvalue weighted by molar-refractivity contribution is 0.224. The summed E-state index contributed by atoms with van der Waals surface area (Å²) in [5, 5.41) is 9.49. The Hall–Kier alpha value is -3.65. The lowest BCUT2D eigenvalue weighted by Gasteiger charge is -2.14. The van der Waals surface area contributed by atoms with Crippen LogP contribution in [0.4, 0.5) is 0 Å². The number of aromatic nitrogens is 3. The summed E-state index contributed by atoms with van der Waals surface area (Å²) in [6.45, 7) is 5.28. The van der Waals surface area contributed by atoms with Crippen LogP contribution in [0.15, 0.2) is 62.7 Å². The standard InChI is InChI=1S/C28H33N3O5/c1-3-5-13-30-14-7-8-22(26(30)33)19-35-28-29-24-12-9-20(17-25(24)36-28)16-23-11-10-21(18-32)27(34)31(23)15-6-4-2/h7-12,14,17,32H,3-6,13,15-16,18-19H2,1-2H3. The predicted octanol–water partition coefficient (Wildman–Crippen LogP) is 4.41. The van der Waals surface area contributed by atoms with Gasteiger partial charge in [-0.2, -0.15) is 4.98 Å². The molecule has 0 saturated heterocycles. The van der Waals surface area contributed by atoms with Crippen LogP contribution in [0, 0.1) is 0 Å². The Morgan fingerprint density at radius 2 is 1.78 bits per heavy atom. The molecule has 1 N–H and O–H groups in total. The van der Waals surface area contributed by atoms with Crippen molar-refractivity contribution in [3.63, 3.8) is 0 Å². The molecule has 3 heterocycles. The molecular formula is C28H33N3O5. The third kappa shape index (κ3) is 5.76. The summed E-state index contributed by atoms with van der Waals surface area (Å²) < 4.78 is 15.0. The van der Waals surface area contributed by atoms with Gasteiger partial charge in [0.1, 0.15) is 12.1 Å². The van der Waals surface area contributed by atoms with E-state index in [1.807, 2.05) is 30.3 Å². The fourth-order valence-electron chi connectivity index (χ4n) is 4.17. The summed E-state index contributed by atoms with van der Waals surface area (Å²) in [6, 6.07) is 12.9. The van der Waals surface area contributed by atoms with Crippen LogP contribution in [0.5, 0.6) is 6.08 Å². The van der Waals surface area contributed by atoms with Gasteiger partial charge in [-0.05, 0) is 54.8 Å². The van der Waals surface area contributed by atoms with Gasteiger partial charge in [0.15, 0.2) is 5.58 Å². The highest BCUT2D eigenvalue weighted by Crippen LogP contribution is 2.23. The number of unbranched alkanes of at least 4 members (excludes halogenated alkanes) is 2. The van der Waals surface area contributed by atoms with Crippen LogP contribution in [0.3, 0.4) is 0 Å². The van der Waals surface area contributed by atoms with Crippen LogP contribution >= 0.6 is 0 Å². The van der Waals surface area contributed by atoms with E-state index in [1.165, 1.54) is 0 Å². The molecule has 0 atom stereocenters. The van der Waals surface area contributed by atoms with Gasteiger partial charge in [0.2, 0.25) is 0 Å². The maximum atomic E-state index is 12.8. The fraction of sp³-hybridized carbons (Fsp3) is 0.393. The third-order valence-corrected chi connectivity index (χ3v) is 6.27. The summed E-state index contributed by atoms with van der Waals surface area (Å²) in [5.74, 6) is 0. The summed E-state index contributed by atoms with van der Waals surface area (Å²) >= 11 is 0. The summed E-state index contributed by atoms with van der Waals surface area (Å²) in [4.78, 5) is 29.8. The zero-order chi connectivity index (χ0) is 25.5. The van der Waals surface area contributed by atoms with Gasteiger partial charge < -0.3 is 23.4 Å². The number of aryl methyl sites for hydroxylation is 1. The molecule has 0 aliphatic rings. The highest BCUT2D eigenvalue weighted by atomic mass is 16.6. The molecule has 0 spiro atoms. The summed E-state index contributed by atoms with van der Waals surface area (Å²) in [5.41, 5.74) is 3.82. The fourth-order valence-corrected chi connectivity index (χ4v) is 4.17. The van der Waals surface area contributed by atoms with E-state index in [0.717, 1.165) is 36.9 Å². The number of aliphatic hydroxyl groups excluding tert-OH is 1. The lowest BCUT2D eigenvalue weighted by atomic mass is 10.1. The van der Waals surface area contributed by atoms with Crippen molar-refractivity contribution < 1.29 is 14.3 Å². The third-order valence-electron chi connectivity index (χ3n) is 6.27. The van der Waals surface area contributed by atoms with Crippen molar-refractivity contribution in [2.45, 2.75) is 72.3 Å². The van der Waals surface area contributed by atoms with E-state index < -0.39 is 0 Å². The van der Waals surface area contributed by atoms with E-state index >= 15 is 0 Å². The molecule has 0 aliphatic heterocycles. The average Bonchev–Trinajstić information content (AvgIpc) is 3.29. The molecule has 0 radical (unpaired) electrons. The smallest absolute Gasteiger partial charge is 0.394 e. The molecule has 0 aliphatic carbocycles. The van der Waals surface area contributed by atoms with Crippen LogP contribution in [0.25, 0.3) is 11.1 Å². The van der Waals surface area contributed by atoms with Gasteiger partial charge in [0.05, 0.1) is 12.2 Å². The van der Waals surface area contributed by atoms with Crippen molar-refractivity contribution in [2.24, 2.45) is 0 Å². The van der Waals surface area contributed by atoms with E-state index in [9.17, 15) is 14.7 Å². The maximum Gasteiger partial charge on any atom is 0.394 e. The van der Waals surface area contributed by atoms with Crippen molar-refractivity contribution >= 4 is 11.1 Å². The Morgan fingerprint density at radius 3 is 2.56 bits per heavy atom. The molecule has 0 amide bonds. The van der Waals surface area contributed by atoms with Crippen LogP contribution in [0.2, 0.25) is 0 Å². The minimum atomic E-state index is -0.270. The topological polar surface area (TPSA) is 99.5 Å². The Kier molecular flexibility index (Phi) is 8.38. The van der Waals surface area contributed by atoms with Gasteiger partial charge in [0.25, 0.3) is 11.1 Å². The van der Waals surface area contributed by atoms with E-state index in [0.29, 0.717) is 41.7 Å². The second-order valence-electron chi connectivity index (χ2n) is 8.95. The van der Waals surface area contributed by atoms with Crippen molar-refractivity contribution in [1.29, 1.82) is 0 Å². The number of ether oxygens (including phenoxy) is 1. The largest absolute Gasteiger partial charge is 0.445 e. The van der Waals surface area contributed by atoms with Gasteiger partial charge in [-0.3, -0.25) is 9.59 Å². The van der Waals surface area contributed by atoms with E-state index in [4.69, 9.17) is 9.15 Å². The number of benzene rings is 1. The molecule has 0 fully saturated rings. The normalized spacial score (nSPS) is 11.3. The lowest BCUT2D eigenvalue weighted by Crippen LogP contribution is -2.27. The van der Waals surface area contributed by atoms with Crippen molar-refractivity contribution in [1.82, 2.24) is 14.1 Å². The minimum absolute atomic E-state index is 0.0642. The number of nitrogens with zero attached hydrogens (tertiary/aromatic N) is 3. The second kappa shape index (κ2) is 11.9. The Bertz CT molecular complexity index is 1430. The highest BCUT2D eigenvalue weighted by Gasteiger charge is 2.13. The minimum Gasteiger partial charge on any atom is -0.445 e. The molecule has 3 aromatic heterocycles. The number of pyridine rings is 2. The average molecular weight is 492 g/mol. The van der Waals surface area contributed by atoms with Gasteiger partial charge >= 0.3 is 6.08 Å². The van der Waals surface area contributed by atoms with Crippen LogP contribution in [0.1, 0.15) is 61.9 Å². The summed E-state index contributed by atoms with van der Waals surface area (Å²) in [7, 11) is 0. The van der Waals surface area contributed by atoms with Gasteiger partial charge in [-0.1, -0.05) is 32.8 Å². The van der Waals surface area contributed by atoms with Gasteiger partial charge in [-0.25, -0.2) is 0 Å². The zero-order valence-corrected chi connectivity index (χ0v) is 20.9. The highest BCUT2D eigenvalue weighted by molar-refractivity contribution is 5.74. The molecule has 0 unspecified atom stereocenters. The molecular weight excluding hydrogens is 458 g/mol. The Morgan fingerprint density at radius 1 is 0.972 bits per heavy atom. The second-order valence-corrected chi connectivity index (χ2v) is 8.95. The van der Waals surface area contributed by atoms with Gasteiger partial charge in [-0.15, -0.1) is 0 Å². The van der Waals surface area contributed by atoms with E-state index in [1.54, 1.807) is 27.5 Å². The molecule has 4 aromatic rings. The Balaban J connectivity index is 1.51. The molecule has 0 saturated carbocycles. The SMILES string of the molecule is CCCCn1cccc(COc2nc3ccc(Cc4ccc(CO)c(=O)n4CCCC)cc3o2)c1=O. The molecule has 190 valence electrons. The monoisotopic (exact) mass is 491 g/mol. The predicted molar refractivity (Wildman–Crippen MR) is 138 cm³/mol. The maximum absolute atomic E-state index is 12.8. The molecule has 8 nitrogen and oxygen atoms in total. The van der Waals surface area contributed by atoms with E-state index in [-0.39, 0.29) is 30.4 Å². The Labute approximate surface area is 209 Å². The quantitative estimate of drug-likeness (QED) is 0.315. The molecule has 0 bridgehead atoms. The zero-order valence-electron chi connectivity index (χ0n) is 20.9. The molecule has 1 aromatic carbocycles. The molecule has 36 heavy (non-hydrogen) atoms. The van der Waals surface area contributed by atoms with Gasteiger partial charge in [0, 0.05) is 37.0 Å². The number of fused-ring (bicyclic) bond motifs is 1. The first-order chi connectivity index (χ1) is 17.5. The van der Waals surface area contributed by atoms with Crippen LogP contribution in [-0.2, 0) is 32.7 Å². The molecule has 8 heteroatoms. The van der Waals surface area contributed by atoms with E-state index in [2.05, 4.69) is 18.8 Å². The molecule has 4 rings (SSSR count). The number of hydrogen-bond acceptors (Lipinski definition) is 6. The number of hydrogen-bond donors (Lipinski definition) is 1. The van der Waals surface area contributed by atoms with Crippen molar-refractivity contribution in [3.05, 3.63) is 91.8 Å². The number of oxazole rings is 1. The van der Waals surface area contributed by atoms with Crippen molar-refractivity contribution in [3.8, 4) is 6.08 Å². The first kappa shape index (κ1) is 25.4. The van der Waals surface area contributed by atoms with Crippen LogP contribution < -0.4 is 15.9 Å².